The van der Waals surface area contributed by atoms with Gasteiger partial charge in [0.25, 0.3) is 0 Å². The molecule has 0 rings (SSSR count). The fourth-order valence-corrected chi connectivity index (χ4v) is 12.2. The molecule has 0 saturated heterocycles. The zero-order chi connectivity index (χ0) is 79.4. The van der Waals surface area contributed by atoms with Crippen LogP contribution in [-0.2, 0) is 55.8 Å². The van der Waals surface area contributed by atoms with Crippen LogP contribution in [0.1, 0.15) is 303 Å². The van der Waals surface area contributed by atoms with Crippen molar-refractivity contribution in [1.29, 1.82) is 0 Å². The van der Waals surface area contributed by atoms with Crippen LogP contribution >= 0.6 is 15.6 Å². The minimum atomic E-state index is -4.95. The van der Waals surface area contributed by atoms with Crippen molar-refractivity contribution in [1.82, 2.24) is 0 Å². The summed E-state index contributed by atoms with van der Waals surface area (Å²) in [6, 6.07) is 0. The summed E-state index contributed by atoms with van der Waals surface area (Å²) in [6.45, 7) is 2.28. The largest absolute Gasteiger partial charge is 0.472 e. The normalized spacial score (nSPS) is 14.9. The van der Waals surface area contributed by atoms with E-state index in [0.29, 0.717) is 19.3 Å². The standard InChI is InChI=1S/C91H148O16P2/c1-4-7-10-13-16-19-22-25-28-31-34-36-38-39-40-41-42-43-44-45-47-49-51-53-56-59-62-65-68-71-74-77-89(94)101-80-86(92)81-103-108(97,98)104-82-87(93)83-105-109(99,100)106-85-88(107-91(96)79-76-73-70-67-64-61-58-55-50-33-30-27-24-21-18-15-12-9-6-3)84-102-90(95)78-75-72-69-66-63-60-57-54-52-48-46-37-35-32-29-26-23-20-17-14-11-8-5-2/h7-12,16-21,25-30,34-37,39-40,42-43,48,50,52,55,57,60,86-88,92-93H,4-6,13-15,22-24,31-33,38,41,44-47,49,51,53-54,56,58-59,61-85H2,1-3H3,(H,97,98)(H,99,100)/b10-7-,11-8-,12-9-,19-16-,20-17-,21-18-,28-25-,29-26-,30-27-,36-34-,37-35-,40-39-,43-42-,52-48-,55-50-,60-57-. The number of phosphoric acid groups is 2. The van der Waals surface area contributed by atoms with Crippen LogP contribution in [0.2, 0.25) is 0 Å². The molecule has 0 aliphatic heterocycles. The third kappa shape index (κ3) is 83.2. The van der Waals surface area contributed by atoms with Gasteiger partial charge in [0.15, 0.2) is 6.10 Å². The number of aliphatic hydroxyl groups is 2. The Morgan fingerprint density at radius 2 is 0.459 bits per heavy atom. The second-order valence-corrected chi connectivity index (χ2v) is 30.0. The number of aliphatic hydroxyl groups excluding tert-OH is 2. The van der Waals surface area contributed by atoms with E-state index in [0.717, 1.165) is 193 Å². The number of rotatable bonds is 77. The van der Waals surface area contributed by atoms with E-state index in [1.165, 1.54) is 51.4 Å². The van der Waals surface area contributed by atoms with Crippen LogP contribution in [0.25, 0.3) is 0 Å². The topological polar surface area (TPSA) is 231 Å². The van der Waals surface area contributed by atoms with Gasteiger partial charge in [-0.3, -0.25) is 32.5 Å². The van der Waals surface area contributed by atoms with E-state index in [9.17, 15) is 43.5 Å². The summed E-state index contributed by atoms with van der Waals surface area (Å²) in [5.74, 6) is -1.63. The van der Waals surface area contributed by atoms with Crippen molar-refractivity contribution in [2.45, 2.75) is 322 Å². The third-order valence-corrected chi connectivity index (χ3v) is 18.7. The number of hydrogen-bond donors (Lipinski definition) is 4. The number of carbonyl (C=O) groups is 3. The van der Waals surface area contributed by atoms with E-state index in [1.54, 1.807) is 0 Å². The Morgan fingerprint density at radius 1 is 0.257 bits per heavy atom. The average molecular weight is 1560 g/mol. The van der Waals surface area contributed by atoms with Crippen LogP contribution in [0.3, 0.4) is 0 Å². The average Bonchev–Trinajstić information content (AvgIpc) is 0.902. The molecule has 0 aliphatic carbocycles. The molecule has 18 heteroatoms. The molecule has 0 fully saturated rings. The van der Waals surface area contributed by atoms with Gasteiger partial charge in [-0.25, -0.2) is 9.13 Å². The monoisotopic (exact) mass is 1560 g/mol. The lowest BCUT2D eigenvalue weighted by Crippen LogP contribution is -2.30. The number of unbranched alkanes of at least 4 members (excludes halogenated alkanes) is 22. The molecular weight excluding hydrogens is 1410 g/mol. The van der Waals surface area contributed by atoms with Crippen molar-refractivity contribution in [2.75, 3.05) is 39.6 Å². The van der Waals surface area contributed by atoms with E-state index in [2.05, 4.69) is 215 Å². The number of allylic oxidation sites excluding steroid dienone is 32. The number of hydrogen-bond acceptors (Lipinski definition) is 14. The lowest BCUT2D eigenvalue weighted by Gasteiger charge is -2.21. The van der Waals surface area contributed by atoms with Gasteiger partial charge in [-0.2, -0.15) is 0 Å². The summed E-state index contributed by atoms with van der Waals surface area (Å²) in [4.78, 5) is 58.8. The molecule has 618 valence electrons. The van der Waals surface area contributed by atoms with Gasteiger partial charge < -0.3 is 34.2 Å². The quantitative estimate of drug-likeness (QED) is 0.0146. The van der Waals surface area contributed by atoms with Crippen molar-refractivity contribution >= 4 is 33.6 Å². The summed E-state index contributed by atoms with van der Waals surface area (Å²) in [6.07, 6.45) is 108. The molecule has 0 radical (unpaired) electrons. The predicted molar refractivity (Wildman–Crippen MR) is 454 cm³/mol. The second-order valence-electron chi connectivity index (χ2n) is 27.1. The van der Waals surface area contributed by atoms with Gasteiger partial charge >= 0.3 is 33.6 Å². The first-order valence-corrected chi connectivity index (χ1v) is 44.7. The van der Waals surface area contributed by atoms with Crippen LogP contribution in [0.15, 0.2) is 194 Å². The third-order valence-electron chi connectivity index (χ3n) is 16.8. The van der Waals surface area contributed by atoms with Gasteiger partial charge in [0.2, 0.25) is 0 Å². The van der Waals surface area contributed by atoms with Crippen molar-refractivity contribution in [2.24, 2.45) is 0 Å². The zero-order valence-electron chi connectivity index (χ0n) is 67.6. The summed E-state index contributed by atoms with van der Waals surface area (Å²) in [7, 11) is -9.82. The molecule has 0 spiro atoms. The number of ether oxygens (including phenoxy) is 3. The van der Waals surface area contributed by atoms with Crippen LogP contribution in [-0.4, -0.2) is 95.9 Å². The van der Waals surface area contributed by atoms with Crippen molar-refractivity contribution in [3.8, 4) is 0 Å². The van der Waals surface area contributed by atoms with Crippen LogP contribution in [0, 0.1) is 0 Å². The molecule has 0 aromatic rings. The summed E-state index contributed by atoms with van der Waals surface area (Å²) in [5, 5.41) is 20.7. The maximum atomic E-state index is 13.0. The molecule has 4 N–H and O–H groups in total. The maximum absolute atomic E-state index is 13.0. The number of phosphoric ester groups is 2. The number of esters is 3. The van der Waals surface area contributed by atoms with E-state index >= 15 is 0 Å². The molecule has 0 heterocycles. The van der Waals surface area contributed by atoms with Gasteiger partial charge in [-0.15, -0.1) is 0 Å². The van der Waals surface area contributed by atoms with Gasteiger partial charge in [-0.05, 0) is 161 Å². The van der Waals surface area contributed by atoms with Crippen LogP contribution in [0.4, 0.5) is 0 Å². The Kier molecular flexibility index (Phi) is 77.7. The molecule has 16 nitrogen and oxygen atoms in total. The molecule has 0 aromatic heterocycles. The highest BCUT2D eigenvalue weighted by atomic mass is 31.2. The summed E-state index contributed by atoms with van der Waals surface area (Å²) in [5.41, 5.74) is 0. The minimum absolute atomic E-state index is 0.0749. The Labute approximate surface area is 661 Å². The van der Waals surface area contributed by atoms with Crippen molar-refractivity contribution < 1.29 is 75.8 Å². The maximum Gasteiger partial charge on any atom is 0.472 e. The molecule has 0 aromatic carbocycles. The molecule has 0 saturated carbocycles. The van der Waals surface area contributed by atoms with Gasteiger partial charge in [0.05, 0.1) is 26.4 Å². The first-order valence-electron chi connectivity index (χ1n) is 41.7. The van der Waals surface area contributed by atoms with E-state index < -0.39 is 91.5 Å². The molecule has 5 unspecified atom stereocenters. The number of carbonyl (C=O) groups excluding carboxylic acids is 3. The van der Waals surface area contributed by atoms with E-state index in [-0.39, 0.29) is 19.3 Å². The summed E-state index contributed by atoms with van der Waals surface area (Å²) >= 11 is 0. The molecular formula is C91H148O16P2. The Morgan fingerprint density at radius 3 is 0.725 bits per heavy atom. The van der Waals surface area contributed by atoms with Crippen molar-refractivity contribution in [3.63, 3.8) is 0 Å². The smallest absolute Gasteiger partial charge is 0.463 e. The fourth-order valence-electron chi connectivity index (χ4n) is 10.6. The van der Waals surface area contributed by atoms with Crippen LogP contribution < -0.4 is 0 Å². The summed E-state index contributed by atoms with van der Waals surface area (Å²) < 4.78 is 61.3. The predicted octanol–water partition coefficient (Wildman–Crippen LogP) is 25.1. The van der Waals surface area contributed by atoms with E-state index in [1.807, 2.05) is 0 Å². The highest BCUT2D eigenvalue weighted by molar-refractivity contribution is 7.47. The highest BCUT2D eigenvalue weighted by Crippen LogP contribution is 2.45. The second kappa shape index (κ2) is 81.9. The molecule has 0 amide bonds. The lowest BCUT2D eigenvalue weighted by atomic mass is 10.0. The van der Waals surface area contributed by atoms with Crippen LogP contribution in [0.5, 0.6) is 0 Å². The van der Waals surface area contributed by atoms with Gasteiger partial charge in [-0.1, -0.05) is 318 Å². The van der Waals surface area contributed by atoms with Gasteiger partial charge in [0.1, 0.15) is 25.4 Å². The first-order chi connectivity index (χ1) is 53.2. The zero-order valence-corrected chi connectivity index (χ0v) is 69.4. The Balaban J connectivity index is 4.63. The van der Waals surface area contributed by atoms with Crippen molar-refractivity contribution in [3.05, 3.63) is 194 Å². The minimum Gasteiger partial charge on any atom is -0.463 e. The molecule has 5 atom stereocenters. The lowest BCUT2D eigenvalue weighted by molar-refractivity contribution is -0.161. The molecule has 0 bridgehead atoms. The fraction of sp³-hybridized carbons (Fsp3) is 0.615. The molecule has 109 heavy (non-hydrogen) atoms. The SMILES string of the molecule is CC/C=C\C/C=C\C/C=C\C/C=C\C/C=C\C/C=C\CCCCCCCCCCCCCCC(=O)OCC(O)COP(=O)(O)OCC(O)COP(=O)(O)OCC(COC(=O)CCCCCC/C=C\C/C=C\C/C=C\C/C=C\C/C=C\C/C=C\CC)OC(=O)CCCCCCCC/C=C\C/C=C\C/C=C\C/C=C\CC. The van der Waals surface area contributed by atoms with E-state index in [4.69, 9.17) is 32.3 Å². The molecule has 0 aliphatic rings. The first kappa shape index (κ1) is 103. The Bertz CT molecular complexity index is 2760. The van der Waals surface area contributed by atoms with Gasteiger partial charge in [0, 0.05) is 19.3 Å². The highest BCUT2D eigenvalue weighted by Gasteiger charge is 2.29. The Hall–Kier alpha value is -5.61.